The zero-order valence-corrected chi connectivity index (χ0v) is 20.0. The Morgan fingerprint density at radius 2 is 1.76 bits per heavy atom. The Hall–Kier alpha value is -3.45. The third-order valence-corrected chi connectivity index (χ3v) is 6.94. The van der Waals surface area contributed by atoms with Crippen LogP contribution >= 0.6 is 11.3 Å². The first-order valence-electron chi connectivity index (χ1n) is 10.8. The van der Waals surface area contributed by atoms with Crippen molar-refractivity contribution >= 4 is 28.7 Å². The van der Waals surface area contributed by atoms with Crippen molar-refractivity contribution in [2.24, 2.45) is 0 Å². The summed E-state index contributed by atoms with van der Waals surface area (Å²) < 4.78 is 0. The molecule has 1 unspecified atom stereocenters. The molecule has 7 heteroatoms. The van der Waals surface area contributed by atoms with Crippen molar-refractivity contribution in [3.63, 3.8) is 0 Å². The first kappa shape index (κ1) is 22.7. The molecule has 0 saturated heterocycles. The SMILES string of the molecule is Cc1nc(C)c(C(=O)C2=C(O)C(=O)N(CCc3ccccc3)C2c2ccc(N(C)C)cc2)s1. The van der Waals surface area contributed by atoms with E-state index in [2.05, 4.69) is 4.98 Å². The van der Waals surface area contributed by atoms with Crippen molar-refractivity contribution in [3.8, 4) is 0 Å². The molecule has 0 bridgehead atoms. The second-order valence-electron chi connectivity index (χ2n) is 8.36. The molecule has 1 aromatic heterocycles. The summed E-state index contributed by atoms with van der Waals surface area (Å²) in [6, 6.07) is 16.9. The van der Waals surface area contributed by atoms with Crippen LogP contribution in [0.1, 0.15) is 37.5 Å². The number of carbonyl (C=O) groups is 2. The minimum atomic E-state index is -0.660. The second kappa shape index (κ2) is 9.19. The number of aryl methyl sites for hydroxylation is 2. The molecular formula is C26H27N3O3S. The molecule has 1 atom stereocenters. The topological polar surface area (TPSA) is 73.7 Å². The maximum absolute atomic E-state index is 13.6. The van der Waals surface area contributed by atoms with E-state index in [1.165, 1.54) is 11.3 Å². The number of hydrogen-bond donors (Lipinski definition) is 1. The Balaban J connectivity index is 1.74. The molecule has 0 spiro atoms. The standard InChI is InChI=1S/C26H27N3O3S/c1-16-25(33-17(2)27-16)23(30)21-22(19-10-12-20(13-11-19)28(3)4)29(26(32)24(21)31)15-14-18-8-6-5-7-9-18/h5-13,22,31H,14-15H2,1-4H3. The van der Waals surface area contributed by atoms with E-state index in [1.807, 2.05) is 80.5 Å². The van der Waals surface area contributed by atoms with Gasteiger partial charge >= 0.3 is 0 Å². The van der Waals surface area contributed by atoms with Gasteiger partial charge in [-0.15, -0.1) is 11.3 Å². The molecule has 1 aliphatic rings. The molecule has 1 N–H and O–H groups in total. The van der Waals surface area contributed by atoms with E-state index in [4.69, 9.17) is 0 Å². The molecule has 3 aromatic rings. The summed E-state index contributed by atoms with van der Waals surface area (Å²) in [5.74, 6) is -1.33. The second-order valence-corrected chi connectivity index (χ2v) is 9.56. The Morgan fingerprint density at radius 3 is 2.33 bits per heavy atom. The highest BCUT2D eigenvalue weighted by molar-refractivity contribution is 7.14. The number of thiazole rings is 1. The smallest absolute Gasteiger partial charge is 0.290 e. The van der Waals surface area contributed by atoms with Crippen LogP contribution in [0.2, 0.25) is 0 Å². The number of benzene rings is 2. The predicted molar refractivity (Wildman–Crippen MR) is 131 cm³/mol. The van der Waals surface area contributed by atoms with Gasteiger partial charge < -0.3 is 14.9 Å². The maximum Gasteiger partial charge on any atom is 0.290 e. The van der Waals surface area contributed by atoms with Gasteiger partial charge in [0, 0.05) is 26.3 Å². The Morgan fingerprint density at radius 1 is 1.09 bits per heavy atom. The molecule has 2 heterocycles. The zero-order valence-electron chi connectivity index (χ0n) is 19.2. The van der Waals surface area contributed by atoms with Crippen LogP contribution in [0, 0.1) is 13.8 Å². The van der Waals surface area contributed by atoms with E-state index in [9.17, 15) is 14.7 Å². The van der Waals surface area contributed by atoms with Crippen LogP contribution in [0.3, 0.4) is 0 Å². The highest BCUT2D eigenvalue weighted by Gasteiger charge is 2.44. The number of nitrogens with zero attached hydrogens (tertiary/aromatic N) is 3. The van der Waals surface area contributed by atoms with Gasteiger partial charge in [-0.1, -0.05) is 42.5 Å². The monoisotopic (exact) mass is 461 g/mol. The zero-order chi connectivity index (χ0) is 23.7. The number of amides is 1. The summed E-state index contributed by atoms with van der Waals surface area (Å²) >= 11 is 1.29. The summed E-state index contributed by atoms with van der Waals surface area (Å²) in [4.78, 5) is 35.2. The van der Waals surface area contributed by atoms with Gasteiger partial charge in [0.25, 0.3) is 5.91 Å². The van der Waals surface area contributed by atoms with E-state index >= 15 is 0 Å². The summed E-state index contributed by atoms with van der Waals surface area (Å²) in [7, 11) is 3.91. The van der Waals surface area contributed by atoms with E-state index in [0.29, 0.717) is 23.5 Å². The van der Waals surface area contributed by atoms with Gasteiger partial charge in [-0.25, -0.2) is 4.98 Å². The minimum absolute atomic E-state index is 0.123. The number of carbonyl (C=O) groups excluding carboxylic acids is 2. The van der Waals surface area contributed by atoms with Crippen molar-refractivity contribution in [3.05, 3.63) is 92.6 Å². The number of aliphatic hydroxyl groups is 1. The van der Waals surface area contributed by atoms with Crippen molar-refractivity contribution in [2.75, 3.05) is 25.5 Å². The first-order chi connectivity index (χ1) is 15.8. The maximum atomic E-state index is 13.6. The number of rotatable bonds is 7. The van der Waals surface area contributed by atoms with Crippen molar-refractivity contribution in [1.29, 1.82) is 0 Å². The molecule has 6 nitrogen and oxygen atoms in total. The van der Waals surface area contributed by atoms with Gasteiger partial charge in [-0.3, -0.25) is 9.59 Å². The number of aliphatic hydroxyl groups excluding tert-OH is 1. The Kier molecular flexibility index (Phi) is 6.33. The van der Waals surface area contributed by atoms with Crippen LogP contribution in [-0.4, -0.2) is 47.3 Å². The van der Waals surface area contributed by atoms with E-state index < -0.39 is 17.7 Å². The van der Waals surface area contributed by atoms with E-state index in [-0.39, 0.29) is 11.4 Å². The molecule has 1 amide bonds. The highest BCUT2D eigenvalue weighted by Crippen LogP contribution is 2.40. The lowest BCUT2D eigenvalue weighted by Gasteiger charge is -2.27. The van der Waals surface area contributed by atoms with Crippen molar-refractivity contribution in [1.82, 2.24) is 9.88 Å². The summed E-state index contributed by atoms with van der Waals surface area (Å²) in [6.07, 6.45) is 0.617. The van der Waals surface area contributed by atoms with Crippen LogP contribution < -0.4 is 4.90 Å². The molecule has 0 radical (unpaired) electrons. The molecule has 0 saturated carbocycles. The van der Waals surface area contributed by atoms with Crippen LogP contribution in [-0.2, 0) is 11.2 Å². The number of anilines is 1. The minimum Gasteiger partial charge on any atom is -0.503 e. The number of Topliss-reactive ketones (excluding diaryl/α,β-unsaturated/α-hetero) is 1. The van der Waals surface area contributed by atoms with Gasteiger partial charge in [0.05, 0.1) is 27.2 Å². The quantitative estimate of drug-likeness (QED) is 0.519. The molecular weight excluding hydrogens is 434 g/mol. The Labute approximate surface area is 197 Å². The largest absolute Gasteiger partial charge is 0.503 e. The van der Waals surface area contributed by atoms with Gasteiger partial charge in [0.15, 0.2) is 5.76 Å². The van der Waals surface area contributed by atoms with Crippen LogP contribution in [0.25, 0.3) is 0 Å². The van der Waals surface area contributed by atoms with E-state index in [0.717, 1.165) is 21.8 Å². The number of hydrogen-bond acceptors (Lipinski definition) is 6. The fraction of sp³-hybridized carbons (Fsp3) is 0.269. The Bertz CT molecular complexity index is 1210. The van der Waals surface area contributed by atoms with Gasteiger partial charge in [0.2, 0.25) is 5.78 Å². The fourth-order valence-corrected chi connectivity index (χ4v) is 5.05. The molecule has 170 valence electrons. The average molecular weight is 462 g/mol. The highest BCUT2D eigenvalue weighted by atomic mass is 32.1. The molecule has 1 aliphatic heterocycles. The van der Waals surface area contributed by atoms with Gasteiger partial charge in [-0.05, 0) is 43.5 Å². The first-order valence-corrected chi connectivity index (χ1v) is 11.6. The average Bonchev–Trinajstić information content (AvgIpc) is 3.28. The molecule has 33 heavy (non-hydrogen) atoms. The van der Waals surface area contributed by atoms with Gasteiger partial charge in [-0.2, -0.15) is 0 Å². The third kappa shape index (κ3) is 4.41. The molecule has 4 rings (SSSR count). The predicted octanol–water partition coefficient (Wildman–Crippen LogP) is 4.65. The fourth-order valence-electron chi connectivity index (χ4n) is 4.18. The van der Waals surface area contributed by atoms with Crippen molar-refractivity contribution in [2.45, 2.75) is 26.3 Å². The summed E-state index contributed by atoms with van der Waals surface area (Å²) in [5.41, 5.74) is 3.61. The third-order valence-electron chi connectivity index (χ3n) is 5.87. The summed E-state index contributed by atoms with van der Waals surface area (Å²) in [6.45, 7) is 4.00. The molecule has 0 fully saturated rings. The van der Waals surface area contributed by atoms with Crippen LogP contribution in [0.15, 0.2) is 65.9 Å². The van der Waals surface area contributed by atoms with E-state index in [1.54, 1.807) is 11.8 Å². The number of ketones is 1. The lowest BCUT2D eigenvalue weighted by molar-refractivity contribution is -0.129. The van der Waals surface area contributed by atoms with Crippen molar-refractivity contribution < 1.29 is 14.7 Å². The lowest BCUT2D eigenvalue weighted by Crippen LogP contribution is -2.33. The summed E-state index contributed by atoms with van der Waals surface area (Å²) in [5, 5.41) is 11.6. The molecule has 0 aliphatic carbocycles. The normalized spacial score (nSPS) is 15.9. The van der Waals surface area contributed by atoms with Crippen LogP contribution in [0.4, 0.5) is 5.69 Å². The lowest BCUT2D eigenvalue weighted by atomic mass is 9.94. The van der Waals surface area contributed by atoms with Crippen LogP contribution in [0.5, 0.6) is 0 Å². The van der Waals surface area contributed by atoms with Gasteiger partial charge in [0.1, 0.15) is 0 Å². The number of aromatic nitrogens is 1. The molecule has 2 aromatic carbocycles.